The van der Waals surface area contributed by atoms with Crippen molar-refractivity contribution in [2.24, 2.45) is 0 Å². The van der Waals surface area contributed by atoms with Crippen LogP contribution in [-0.2, 0) is 10.0 Å². The minimum absolute atomic E-state index is 0.204. The van der Waals surface area contributed by atoms with E-state index in [1.165, 1.54) is 16.4 Å². The number of nitrogens with zero attached hydrogens (tertiary/aromatic N) is 4. The number of benzene rings is 2. The van der Waals surface area contributed by atoms with E-state index >= 15 is 0 Å². The van der Waals surface area contributed by atoms with Gasteiger partial charge >= 0.3 is 0 Å². The number of carbonyl (C=O) groups is 1. The first-order valence-corrected chi connectivity index (χ1v) is 11.8. The number of hydrogen-bond acceptors (Lipinski definition) is 6. The van der Waals surface area contributed by atoms with Crippen LogP contribution in [0, 0.1) is 13.8 Å². The third-order valence-electron chi connectivity index (χ3n) is 5.35. The molecule has 1 aliphatic rings. The number of anilines is 2. The lowest BCUT2D eigenvalue weighted by atomic mass is 10.1. The Bertz CT molecular complexity index is 1190. The second-order valence-electron chi connectivity index (χ2n) is 7.81. The van der Waals surface area contributed by atoms with E-state index in [0.29, 0.717) is 37.4 Å². The van der Waals surface area contributed by atoms with Crippen LogP contribution in [0.5, 0.6) is 0 Å². The van der Waals surface area contributed by atoms with E-state index < -0.39 is 10.0 Å². The summed E-state index contributed by atoms with van der Waals surface area (Å²) < 4.78 is 27.6. The minimum atomic E-state index is -3.62. The zero-order chi connectivity index (χ0) is 22.7. The number of aryl methyl sites for hydroxylation is 2. The maximum Gasteiger partial charge on any atom is 0.255 e. The van der Waals surface area contributed by atoms with Gasteiger partial charge < -0.3 is 10.2 Å². The molecule has 0 saturated carbocycles. The molecular formula is C23H25N5O3S. The van der Waals surface area contributed by atoms with Crippen LogP contribution < -0.4 is 10.2 Å². The maximum atomic E-state index is 13.1. The van der Waals surface area contributed by atoms with Gasteiger partial charge in [-0.15, -0.1) is 0 Å². The van der Waals surface area contributed by atoms with Gasteiger partial charge in [0.25, 0.3) is 5.91 Å². The lowest BCUT2D eigenvalue weighted by molar-refractivity contribution is 0.102. The molecule has 0 spiro atoms. The van der Waals surface area contributed by atoms with Gasteiger partial charge in [-0.05, 0) is 50.2 Å². The topological polar surface area (TPSA) is 95.5 Å². The molecule has 2 aromatic carbocycles. The van der Waals surface area contributed by atoms with Crippen LogP contribution in [0.3, 0.4) is 0 Å². The van der Waals surface area contributed by atoms with Gasteiger partial charge in [-0.1, -0.05) is 17.2 Å². The van der Waals surface area contributed by atoms with E-state index in [2.05, 4.69) is 15.3 Å². The number of nitrogens with one attached hydrogen (secondary N) is 1. The highest BCUT2D eigenvalue weighted by atomic mass is 32.2. The molecule has 166 valence electrons. The fraction of sp³-hybridized carbons (Fsp3) is 0.261. The van der Waals surface area contributed by atoms with Crippen molar-refractivity contribution in [2.75, 3.05) is 36.4 Å². The van der Waals surface area contributed by atoms with Gasteiger partial charge in [0.1, 0.15) is 5.82 Å². The molecule has 3 aromatic rings. The average Bonchev–Trinajstić information content (AvgIpc) is 2.79. The molecule has 0 atom stereocenters. The number of sulfonamides is 1. The van der Waals surface area contributed by atoms with Gasteiger partial charge in [0, 0.05) is 49.8 Å². The summed E-state index contributed by atoms with van der Waals surface area (Å²) in [4.78, 5) is 23.1. The first kappa shape index (κ1) is 21.9. The first-order chi connectivity index (χ1) is 15.3. The molecule has 0 bridgehead atoms. The van der Waals surface area contributed by atoms with E-state index in [1.807, 2.05) is 36.9 Å². The summed E-state index contributed by atoms with van der Waals surface area (Å²) in [7, 11) is -3.62. The molecular weight excluding hydrogens is 426 g/mol. The standard InChI is InChI=1S/C23H25N5O3S/c1-17-13-18(2)15-19(14-17)23(29)26-20-3-5-21(6-4-20)32(30,31)28-11-9-27(10-12-28)22-16-24-7-8-25-22/h3-8,13-16H,9-12H2,1-2H3,(H,26,29). The number of hydrogen-bond donors (Lipinski definition) is 1. The highest BCUT2D eigenvalue weighted by Gasteiger charge is 2.29. The van der Waals surface area contributed by atoms with E-state index in [4.69, 9.17) is 0 Å². The molecule has 1 saturated heterocycles. The van der Waals surface area contributed by atoms with Crippen molar-refractivity contribution in [3.63, 3.8) is 0 Å². The van der Waals surface area contributed by atoms with Crippen molar-refractivity contribution < 1.29 is 13.2 Å². The SMILES string of the molecule is Cc1cc(C)cc(C(=O)Nc2ccc(S(=O)(=O)N3CCN(c4cnccn4)CC3)cc2)c1. The summed E-state index contributed by atoms with van der Waals surface area (Å²) in [6, 6.07) is 11.9. The van der Waals surface area contributed by atoms with E-state index in [-0.39, 0.29) is 10.8 Å². The normalized spacial score (nSPS) is 14.9. The van der Waals surface area contributed by atoms with E-state index in [0.717, 1.165) is 16.9 Å². The summed E-state index contributed by atoms with van der Waals surface area (Å²) in [6.45, 7) is 5.70. The Morgan fingerprint density at radius 2 is 1.59 bits per heavy atom. The summed E-state index contributed by atoms with van der Waals surface area (Å²) in [5, 5.41) is 2.83. The van der Waals surface area contributed by atoms with Crippen LogP contribution >= 0.6 is 0 Å². The van der Waals surface area contributed by atoms with Crippen LogP contribution in [0.1, 0.15) is 21.5 Å². The highest BCUT2D eigenvalue weighted by Crippen LogP contribution is 2.22. The van der Waals surface area contributed by atoms with Crippen molar-refractivity contribution in [2.45, 2.75) is 18.7 Å². The number of rotatable bonds is 5. The van der Waals surface area contributed by atoms with Crippen LogP contribution in [0.2, 0.25) is 0 Å². The van der Waals surface area contributed by atoms with Crippen molar-refractivity contribution in [3.8, 4) is 0 Å². The van der Waals surface area contributed by atoms with Crippen molar-refractivity contribution in [1.82, 2.24) is 14.3 Å². The smallest absolute Gasteiger partial charge is 0.255 e. The molecule has 8 nitrogen and oxygen atoms in total. The second kappa shape index (κ2) is 9.05. The third-order valence-corrected chi connectivity index (χ3v) is 7.26. The molecule has 0 radical (unpaired) electrons. The lowest BCUT2D eigenvalue weighted by Crippen LogP contribution is -2.48. The monoisotopic (exact) mass is 451 g/mol. The van der Waals surface area contributed by atoms with Gasteiger partial charge in [0.15, 0.2) is 0 Å². The molecule has 2 heterocycles. The highest BCUT2D eigenvalue weighted by molar-refractivity contribution is 7.89. The van der Waals surface area contributed by atoms with Gasteiger partial charge in [-0.2, -0.15) is 4.31 Å². The molecule has 32 heavy (non-hydrogen) atoms. The zero-order valence-corrected chi connectivity index (χ0v) is 18.8. The minimum Gasteiger partial charge on any atom is -0.353 e. The zero-order valence-electron chi connectivity index (χ0n) is 18.0. The molecule has 1 amide bonds. The second-order valence-corrected chi connectivity index (χ2v) is 9.75. The van der Waals surface area contributed by atoms with E-state index in [1.54, 1.807) is 30.7 Å². The molecule has 9 heteroatoms. The molecule has 1 N–H and O–H groups in total. The summed E-state index contributed by atoms with van der Waals surface area (Å²) in [5.41, 5.74) is 3.13. The Balaban J connectivity index is 1.41. The van der Waals surface area contributed by atoms with Gasteiger partial charge in [0.2, 0.25) is 10.0 Å². The summed E-state index contributed by atoms with van der Waals surface area (Å²) in [5.74, 6) is 0.515. The van der Waals surface area contributed by atoms with Gasteiger partial charge in [-0.25, -0.2) is 13.4 Å². The Morgan fingerprint density at radius 1 is 0.938 bits per heavy atom. The van der Waals surface area contributed by atoms with Crippen LogP contribution in [0.4, 0.5) is 11.5 Å². The third kappa shape index (κ3) is 4.79. The maximum absolute atomic E-state index is 13.1. The fourth-order valence-corrected chi connectivity index (χ4v) is 5.20. The molecule has 1 aromatic heterocycles. The summed E-state index contributed by atoms with van der Waals surface area (Å²) >= 11 is 0. The Kier molecular flexibility index (Phi) is 6.20. The van der Waals surface area contributed by atoms with Crippen molar-refractivity contribution >= 4 is 27.4 Å². The number of carbonyl (C=O) groups excluding carboxylic acids is 1. The van der Waals surface area contributed by atoms with E-state index in [9.17, 15) is 13.2 Å². The van der Waals surface area contributed by atoms with Crippen LogP contribution in [0.25, 0.3) is 0 Å². The van der Waals surface area contributed by atoms with Gasteiger partial charge in [-0.3, -0.25) is 9.78 Å². The molecule has 1 aliphatic heterocycles. The lowest BCUT2D eigenvalue weighted by Gasteiger charge is -2.34. The predicted octanol–water partition coefficient (Wildman–Crippen LogP) is 2.86. The predicted molar refractivity (Wildman–Crippen MR) is 123 cm³/mol. The Morgan fingerprint density at radius 3 is 2.19 bits per heavy atom. The fourth-order valence-electron chi connectivity index (χ4n) is 3.78. The molecule has 0 unspecified atom stereocenters. The van der Waals surface area contributed by atoms with Crippen LogP contribution in [0.15, 0.2) is 66.0 Å². The largest absolute Gasteiger partial charge is 0.353 e. The number of aromatic nitrogens is 2. The van der Waals surface area contributed by atoms with Gasteiger partial charge in [0.05, 0.1) is 11.1 Å². The van der Waals surface area contributed by atoms with Crippen molar-refractivity contribution in [3.05, 3.63) is 77.7 Å². The molecule has 0 aliphatic carbocycles. The summed E-state index contributed by atoms with van der Waals surface area (Å²) in [6.07, 6.45) is 4.91. The quantitative estimate of drug-likeness (QED) is 0.641. The Hall–Kier alpha value is -3.30. The number of amides is 1. The van der Waals surface area contributed by atoms with Crippen LogP contribution in [-0.4, -0.2) is 54.8 Å². The Labute approximate surface area is 188 Å². The average molecular weight is 452 g/mol. The molecule has 4 rings (SSSR count). The number of piperazine rings is 1. The van der Waals surface area contributed by atoms with Crippen molar-refractivity contribution in [1.29, 1.82) is 0 Å². The first-order valence-electron chi connectivity index (χ1n) is 10.3. The molecule has 1 fully saturated rings.